The summed E-state index contributed by atoms with van der Waals surface area (Å²) in [5.74, 6) is -0.627. The summed E-state index contributed by atoms with van der Waals surface area (Å²) in [6.45, 7) is 14.6. The van der Waals surface area contributed by atoms with Gasteiger partial charge in [-0.3, -0.25) is 13.9 Å². The maximum Gasteiger partial charge on any atom is 0.305 e. The van der Waals surface area contributed by atoms with Crippen molar-refractivity contribution in [2.24, 2.45) is 0 Å². The normalized spacial score (nSPS) is 17.7. The average molecular weight is 362 g/mol. The topological polar surface area (TPSA) is 57.6 Å². The Morgan fingerprint density at radius 3 is 1.88 bits per heavy atom. The maximum absolute atomic E-state index is 12.2. The van der Waals surface area contributed by atoms with Gasteiger partial charge in [-0.2, -0.15) is 0 Å². The molecule has 1 heterocycles. The number of hydrogen-bond acceptors (Lipinski definition) is 4. The van der Waals surface area contributed by atoms with Crippen LogP contribution in [0.4, 0.5) is 0 Å². The smallest absolute Gasteiger partial charge is 0.305 e. The second kappa shape index (κ2) is 6.52. The third-order valence-electron chi connectivity index (χ3n) is 4.19. The van der Waals surface area contributed by atoms with Crippen LogP contribution in [-0.4, -0.2) is 27.6 Å². The van der Waals surface area contributed by atoms with Crippen molar-refractivity contribution in [3.05, 3.63) is 33.7 Å². The molecule has 1 fully saturated rings. The number of phenols is 1. The molecule has 0 radical (unpaired) electrons. The lowest BCUT2D eigenvalue weighted by molar-refractivity contribution is -0.137. The number of rotatable bonds is 2. The first kappa shape index (κ1) is 19.6. The molecule has 0 unspecified atom stereocenters. The van der Waals surface area contributed by atoms with E-state index in [-0.39, 0.29) is 10.8 Å². The Hall–Kier alpha value is -1.75. The van der Waals surface area contributed by atoms with Gasteiger partial charge in [0.2, 0.25) is 0 Å². The summed E-state index contributed by atoms with van der Waals surface area (Å²) < 4.78 is 1.46. The lowest BCUT2D eigenvalue weighted by Crippen LogP contribution is -2.22. The predicted molar refractivity (Wildman–Crippen MR) is 103 cm³/mol. The van der Waals surface area contributed by atoms with Gasteiger partial charge >= 0.3 is 5.91 Å². The number of carbonyl (C=O) groups is 2. The van der Waals surface area contributed by atoms with Gasteiger partial charge in [0.1, 0.15) is 5.75 Å². The summed E-state index contributed by atoms with van der Waals surface area (Å²) in [6.07, 6.45) is 1.75. The van der Waals surface area contributed by atoms with Crippen molar-refractivity contribution in [2.75, 3.05) is 6.54 Å². The Balaban J connectivity index is 2.61. The standard InChI is InChI=1S/C20H27NO3S/c1-8-21-18(24)17(23)15(25-21)11-12-9-13(19(2,3)4)16(22)14(10-12)20(5,6)7/h9-11,22H,8H2,1-7H3/b15-11+. The monoisotopic (exact) mass is 361 g/mol. The fourth-order valence-electron chi connectivity index (χ4n) is 2.76. The molecule has 4 nitrogen and oxygen atoms in total. The molecule has 0 aromatic heterocycles. The number of carbonyl (C=O) groups excluding carboxylic acids is 2. The van der Waals surface area contributed by atoms with E-state index in [4.69, 9.17) is 0 Å². The highest BCUT2D eigenvalue weighted by atomic mass is 32.2. The summed E-state index contributed by atoms with van der Waals surface area (Å²) >= 11 is 1.19. The minimum absolute atomic E-state index is 0.239. The van der Waals surface area contributed by atoms with Crippen LogP contribution in [0.3, 0.4) is 0 Å². The minimum atomic E-state index is -0.468. The quantitative estimate of drug-likeness (QED) is 0.482. The Bertz CT molecular complexity index is 716. The number of hydrogen-bond donors (Lipinski definition) is 1. The number of benzene rings is 1. The van der Waals surface area contributed by atoms with E-state index < -0.39 is 11.7 Å². The van der Waals surface area contributed by atoms with Gasteiger partial charge in [0.05, 0.1) is 4.91 Å². The lowest BCUT2D eigenvalue weighted by Gasteiger charge is -2.28. The number of nitrogens with zero attached hydrogens (tertiary/aromatic N) is 1. The van der Waals surface area contributed by atoms with Crippen LogP contribution in [0, 0.1) is 0 Å². The molecule has 0 spiro atoms. The van der Waals surface area contributed by atoms with Gasteiger partial charge in [0.25, 0.3) is 5.78 Å². The van der Waals surface area contributed by atoms with Gasteiger partial charge < -0.3 is 5.11 Å². The molecule has 1 amide bonds. The third kappa shape index (κ3) is 3.92. The summed E-state index contributed by atoms with van der Waals surface area (Å²) in [7, 11) is 0. The van der Waals surface area contributed by atoms with E-state index in [1.165, 1.54) is 16.3 Å². The molecule has 2 rings (SSSR count). The van der Waals surface area contributed by atoms with E-state index in [0.29, 0.717) is 17.2 Å². The SMILES string of the molecule is CCN1S/C(=C/c2cc(C(C)(C)C)c(O)c(C(C)(C)C)c2)C(=O)C1=O. The molecule has 1 N–H and O–H groups in total. The van der Waals surface area contributed by atoms with E-state index in [1.54, 1.807) is 6.08 Å². The Labute approximate surface area is 154 Å². The van der Waals surface area contributed by atoms with Crippen molar-refractivity contribution in [2.45, 2.75) is 59.3 Å². The van der Waals surface area contributed by atoms with Crippen LogP contribution in [0.15, 0.2) is 17.0 Å². The molecule has 0 atom stereocenters. The van der Waals surface area contributed by atoms with Crippen LogP contribution in [-0.2, 0) is 20.4 Å². The zero-order valence-corrected chi connectivity index (χ0v) is 16.9. The molecule has 5 heteroatoms. The number of ketones is 1. The van der Waals surface area contributed by atoms with E-state index in [0.717, 1.165) is 16.7 Å². The van der Waals surface area contributed by atoms with E-state index in [9.17, 15) is 14.7 Å². The van der Waals surface area contributed by atoms with Gasteiger partial charge in [-0.15, -0.1) is 0 Å². The van der Waals surface area contributed by atoms with Gasteiger partial charge in [-0.05, 0) is 53.5 Å². The number of aromatic hydroxyl groups is 1. The fraction of sp³-hybridized carbons (Fsp3) is 0.500. The van der Waals surface area contributed by atoms with E-state index in [1.807, 2.05) is 60.6 Å². The highest BCUT2D eigenvalue weighted by Gasteiger charge is 2.35. The van der Waals surface area contributed by atoms with Crippen molar-refractivity contribution in [1.82, 2.24) is 4.31 Å². The molecule has 0 aliphatic carbocycles. The van der Waals surface area contributed by atoms with Crippen LogP contribution >= 0.6 is 11.9 Å². The molecule has 136 valence electrons. The molecular formula is C20H27NO3S. The largest absolute Gasteiger partial charge is 0.507 e. The minimum Gasteiger partial charge on any atom is -0.507 e. The third-order valence-corrected chi connectivity index (χ3v) is 5.33. The Kier molecular flexibility index (Phi) is 5.11. The van der Waals surface area contributed by atoms with E-state index >= 15 is 0 Å². The summed E-state index contributed by atoms with van der Waals surface area (Å²) in [4.78, 5) is 24.5. The first-order valence-corrected chi connectivity index (χ1v) is 9.27. The first-order valence-electron chi connectivity index (χ1n) is 8.50. The van der Waals surface area contributed by atoms with Crippen LogP contribution in [0.2, 0.25) is 0 Å². The number of Topliss-reactive ketones (excluding diaryl/α,β-unsaturated/α-hetero) is 1. The lowest BCUT2D eigenvalue weighted by atomic mass is 9.78. The Morgan fingerprint density at radius 2 is 1.52 bits per heavy atom. The molecule has 1 saturated heterocycles. The van der Waals surface area contributed by atoms with E-state index in [2.05, 4.69) is 0 Å². The fourth-order valence-corrected chi connectivity index (χ4v) is 3.65. The van der Waals surface area contributed by atoms with Crippen molar-refractivity contribution >= 4 is 29.7 Å². The highest BCUT2D eigenvalue weighted by molar-refractivity contribution is 8.03. The number of likely N-dealkylation sites (N-methyl/N-ethyl adjacent to an activating group) is 1. The second-order valence-electron chi connectivity index (χ2n) is 8.39. The molecule has 0 bridgehead atoms. The van der Waals surface area contributed by atoms with Crippen molar-refractivity contribution < 1.29 is 14.7 Å². The zero-order chi connectivity index (χ0) is 19.2. The first-order chi connectivity index (χ1) is 11.4. The number of phenolic OH excluding ortho intramolecular Hbond substituents is 1. The number of amides is 1. The molecular weight excluding hydrogens is 334 g/mol. The van der Waals surface area contributed by atoms with Crippen LogP contribution in [0.5, 0.6) is 5.75 Å². The molecule has 0 saturated carbocycles. The average Bonchev–Trinajstić information content (AvgIpc) is 2.74. The predicted octanol–water partition coefficient (Wildman–Crippen LogP) is 4.41. The van der Waals surface area contributed by atoms with Gasteiger partial charge in [0, 0.05) is 17.7 Å². The molecule has 1 aliphatic heterocycles. The van der Waals surface area contributed by atoms with Crippen LogP contribution in [0.25, 0.3) is 6.08 Å². The van der Waals surface area contributed by atoms with Gasteiger partial charge in [-0.1, -0.05) is 41.5 Å². The summed E-state index contributed by atoms with van der Waals surface area (Å²) in [6, 6.07) is 3.81. The maximum atomic E-state index is 12.2. The van der Waals surface area contributed by atoms with Crippen LogP contribution < -0.4 is 0 Å². The molecule has 1 aromatic rings. The molecule has 25 heavy (non-hydrogen) atoms. The summed E-state index contributed by atoms with van der Waals surface area (Å²) in [5.41, 5.74) is 2.02. The van der Waals surface area contributed by atoms with Crippen molar-refractivity contribution in [3.63, 3.8) is 0 Å². The summed E-state index contributed by atoms with van der Waals surface area (Å²) in [5, 5.41) is 10.8. The second-order valence-corrected chi connectivity index (χ2v) is 9.46. The van der Waals surface area contributed by atoms with Gasteiger partial charge in [0.15, 0.2) is 0 Å². The van der Waals surface area contributed by atoms with Crippen molar-refractivity contribution in [1.29, 1.82) is 0 Å². The molecule has 1 aromatic carbocycles. The van der Waals surface area contributed by atoms with Crippen LogP contribution in [0.1, 0.15) is 65.2 Å². The van der Waals surface area contributed by atoms with Crippen molar-refractivity contribution in [3.8, 4) is 5.75 Å². The highest BCUT2D eigenvalue weighted by Crippen LogP contribution is 2.41. The van der Waals surface area contributed by atoms with Gasteiger partial charge in [-0.25, -0.2) is 0 Å². The zero-order valence-electron chi connectivity index (χ0n) is 16.1. The molecule has 1 aliphatic rings. The Morgan fingerprint density at radius 1 is 1.04 bits per heavy atom.